The zero-order valence-electron chi connectivity index (χ0n) is 12.7. The number of para-hydroxylation sites is 1. The largest absolute Gasteiger partial charge is 0.497 e. The lowest BCUT2D eigenvalue weighted by molar-refractivity contribution is 0.414. The van der Waals surface area contributed by atoms with Crippen LogP contribution in [-0.4, -0.2) is 16.9 Å². The molecule has 116 valence electrons. The second-order valence-electron chi connectivity index (χ2n) is 5.53. The van der Waals surface area contributed by atoms with E-state index in [0.29, 0.717) is 6.54 Å². The summed E-state index contributed by atoms with van der Waals surface area (Å²) in [5.74, 6) is 0.854. The predicted molar refractivity (Wildman–Crippen MR) is 92.0 cm³/mol. The van der Waals surface area contributed by atoms with Crippen molar-refractivity contribution in [2.75, 3.05) is 12.4 Å². The first kappa shape index (κ1) is 14.2. The van der Waals surface area contributed by atoms with Crippen molar-refractivity contribution in [2.24, 2.45) is 0 Å². The van der Waals surface area contributed by atoms with Gasteiger partial charge in [0, 0.05) is 23.0 Å². The maximum absolute atomic E-state index is 6.43. The number of nitrogens with zero attached hydrogens (tertiary/aromatic N) is 2. The van der Waals surface area contributed by atoms with Crippen LogP contribution in [-0.2, 0) is 6.54 Å². The number of ether oxygens (including phenoxy) is 1. The van der Waals surface area contributed by atoms with E-state index < -0.39 is 0 Å². The van der Waals surface area contributed by atoms with Gasteiger partial charge in [-0.05, 0) is 23.8 Å². The highest BCUT2D eigenvalue weighted by atomic mass is 35.5. The molecule has 0 fully saturated rings. The summed E-state index contributed by atoms with van der Waals surface area (Å²) in [4.78, 5) is 0. The van der Waals surface area contributed by atoms with Crippen LogP contribution in [0.15, 0.2) is 54.7 Å². The lowest BCUT2D eigenvalue weighted by Crippen LogP contribution is -2.11. The molecular weight excluding hydrogens is 310 g/mol. The van der Waals surface area contributed by atoms with Crippen molar-refractivity contribution in [3.05, 3.63) is 66.0 Å². The molecule has 0 saturated heterocycles. The molecule has 2 aromatic carbocycles. The van der Waals surface area contributed by atoms with Gasteiger partial charge in [0.05, 0.1) is 13.7 Å². The number of halogens is 1. The van der Waals surface area contributed by atoms with Gasteiger partial charge in [-0.3, -0.25) is 4.68 Å². The van der Waals surface area contributed by atoms with Gasteiger partial charge in [-0.2, -0.15) is 5.10 Å². The van der Waals surface area contributed by atoms with Crippen LogP contribution in [0.5, 0.6) is 5.75 Å². The summed E-state index contributed by atoms with van der Waals surface area (Å²) in [6.45, 7) is 0.697. The van der Waals surface area contributed by atoms with E-state index in [0.717, 1.165) is 33.8 Å². The van der Waals surface area contributed by atoms with Crippen LogP contribution >= 0.6 is 11.6 Å². The summed E-state index contributed by atoms with van der Waals surface area (Å²) < 4.78 is 7.13. The molecule has 5 heteroatoms. The van der Waals surface area contributed by atoms with Crippen LogP contribution in [0, 0.1) is 0 Å². The van der Waals surface area contributed by atoms with Gasteiger partial charge in [0.25, 0.3) is 0 Å². The topological polar surface area (TPSA) is 39.1 Å². The minimum Gasteiger partial charge on any atom is -0.497 e. The van der Waals surface area contributed by atoms with Crippen LogP contribution in [0.2, 0.25) is 0 Å². The van der Waals surface area contributed by atoms with E-state index in [1.807, 2.05) is 47.1 Å². The maximum atomic E-state index is 6.43. The normalized spacial score (nSPS) is 15.5. The highest BCUT2D eigenvalue weighted by Crippen LogP contribution is 2.41. The molecule has 1 aliphatic rings. The van der Waals surface area contributed by atoms with Gasteiger partial charge in [0.15, 0.2) is 0 Å². The van der Waals surface area contributed by atoms with Crippen LogP contribution < -0.4 is 10.1 Å². The van der Waals surface area contributed by atoms with Crippen LogP contribution in [0.4, 0.5) is 5.69 Å². The fraction of sp³-hybridized carbons (Fsp3) is 0.167. The number of aromatic nitrogens is 2. The zero-order valence-corrected chi connectivity index (χ0v) is 13.4. The van der Waals surface area contributed by atoms with Gasteiger partial charge >= 0.3 is 0 Å². The highest BCUT2D eigenvalue weighted by molar-refractivity contribution is 6.22. The van der Waals surface area contributed by atoms with Crippen molar-refractivity contribution in [1.29, 1.82) is 0 Å². The molecule has 3 aromatic rings. The van der Waals surface area contributed by atoms with Gasteiger partial charge in [0.1, 0.15) is 16.9 Å². The first-order valence-corrected chi connectivity index (χ1v) is 7.88. The number of fused-ring (bicyclic) bond motifs is 3. The molecule has 4 nitrogen and oxygen atoms in total. The lowest BCUT2D eigenvalue weighted by atomic mass is 10.0. The number of hydrogen-bond donors (Lipinski definition) is 1. The van der Waals surface area contributed by atoms with Crippen LogP contribution in [0.25, 0.3) is 11.1 Å². The Morgan fingerprint density at radius 1 is 1.13 bits per heavy atom. The minimum atomic E-state index is -0.308. The number of anilines is 1. The summed E-state index contributed by atoms with van der Waals surface area (Å²) in [6.07, 6.45) is 2.06. The summed E-state index contributed by atoms with van der Waals surface area (Å²) in [7, 11) is 1.67. The first-order chi connectivity index (χ1) is 11.2. The number of rotatable bonds is 3. The Morgan fingerprint density at radius 3 is 2.70 bits per heavy atom. The fourth-order valence-corrected chi connectivity index (χ4v) is 3.16. The van der Waals surface area contributed by atoms with E-state index in [1.165, 1.54) is 0 Å². The average Bonchev–Trinajstić information content (AvgIpc) is 3.00. The summed E-state index contributed by atoms with van der Waals surface area (Å²) in [6, 6.07) is 16.2. The molecule has 1 aromatic heterocycles. The van der Waals surface area contributed by atoms with Gasteiger partial charge in [-0.1, -0.05) is 41.9 Å². The number of methoxy groups -OCH3 is 1. The molecule has 0 aliphatic carbocycles. The Labute approximate surface area is 139 Å². The summed E-state index contributed by atoms with van der Waals surface area (Å²) in [5.41, 5.74) is 5.01. The lowest BCUT2D eigenvalue weighted by Gasteiger charge is -2.21. The third-order valence-electron chi connectivity index (χ3n) is 4.03. The second kappa shape index (κ2) is 5.63. The van der Waals surface area contributed by atoms with E-state index in [2.05, 4.69) is 22.7 Å². The van der Waals surface area contributed by atoms with E-state index in [-0.39, 0.29) is 5.50 Å². The second-order valence-corrected chi connectivity index (χ2v) is 5.96. The molecule has 2 heterocycles. The van der Waals surface area contributed by atoms with E-state index in [4.69, 9.17) is 16.3 Å². The molecule has 1 atom stereocenters. The smallest absolute Gasteiger partial charge is 0.147 e. The summed E-state index contributed by atoms with van der Waals surface area (Å²) in [5, 5.41) is 7.94. The summed E-state index contributed by atoms with van der Waals surface area (Å²) >= 11 is 6.43. The maximum Gasteiger partial charge on any atom is 0.147 e. The molecule has 0 bridgehead atoms. The third-order valence-corrected chi connectivity index (χ3v) is 4.35. The molecular formula is C18H16ClN3O. The van der Waals surface area contributed by atoms with Crippen molar-refractivity contribution in [2.45, 2.75) is 12.0 Å². The molecule has 4 rings (SSSR count). The van der Waals surface area contributed by atoms with E-state index in [1.54, 1.807) is 7.11 Å². The first-order valence-electron chi connectivity index (χ1n) is 7.45. The van der Waals surface area contributed by atoms with Crippen molar-refractivity contribution in [3.63, 3.8) is 0 Å². The monoisotopic (exact) mass is 325 g/mol. The van der Waals surface area contributed by atoms with Crippen molar-refractivity contribution < 1.29 is 4.74 Å². The van der Waals surface area contributed by atoms with Gasteiger partial charge in [-0.25, -0.2) is 0 Å². The van der Waals surface area contributed by atoms with Gasteiger partial charge in [-0.15, -0.1) is 0 Å². The Bertz CT molecular complexity index is 842. The number of benzene rings is 2. The Kier molecular flexibility index (Phi) is 3.46. The average molecular weight is 326 g/mol. The highest BCUT2D eigenvalue weighted by Gasteiger charge is 2.25. The molecule has 1 unspecified atom stereocenters. The number of nitrogens with one attached hydrogen (secondary N) is 1. The van der Waals surface area contributed by atoms with Crippen molar-refractivity contribution in [1.82, 2.24) is 9.78 Å². The predicted octanol–water partition coefficient (Wildman–Crippen LogP) is 4.27. The standard InChI is InChI=1S/C18H16ClN3O/c1-23-13-8-6-12(7-9-13)10-22-11-15-14-4-2-3-5-16(14)20-18(19)17(15)21-22/h2-9,11,18,20H,10H2,1H3. The molecule has 23 heavy (non-hydrogen) atoms. The molecule has 0 radical (unpaired) electrons. The van der Waals surface area contributed by atoms with Crippen molar-refractivity contribution >= 4 is 17.3 Å². The Balaban J connectivity index is 1.68. The quantitative estimate of drug-likeness (QED) is 0.577. The van der Waals surface area contributed by atoms with E-state index in [9.17, 15) is 0 Å². The van der Waals surface area contributed by atoms with Gasteiger partial charge < -0.3 is 10.1 Å². The van der Waals surface area contributed by atoms with Crippen LogP contribution in [0.3, 0.4) is 0 Å². The zero-order chi connectivity index (χ0) is 15.8. The molecule has 1 N–H and O–H groups in total. The molecule has 0 amide bonds. The SMILES string of the molecule is COc1ccc(Cn2cc3c(n2)C(Cl)Nc2ccccc2-3)cc1. The minimum absolute atomic E-state index is 0.308. The Hall–Kier alpha value is -2.46. The Morgan fingerprint density at radius 2 is 1.91 bits per heavy atom. The van der Waals surface area contributed by atoms with Crippen LogP contribution in [0.1, 0.15) is 16.8 Å². The van der Waals surface area contributed by atoms with Crippen molar-refractivity contribution in [3.8, 4) is 16.9 Å². The molecule has 1 aliphatic heterocycles. The number of hydrogen-bond acceptors (Lipinski definition) is 3. The molecule has 0 spiro atoms. The molecule has 0 saturated carbocycles. The van der Waals surface area contributed by atoms with Gasteiger partial charge in [0.2, 0.25) is 0 Å². The van der Waals surface area contributed by atoms with E-state index >= 15 is 0 Å². The third kappa shape index (κ3) is 2.55. The number of alkyl halides is 1. The fourth-order valence-electron chi connectivity index (χ4n) is 2.88.